The van der Waals surface area contributed by atoms with Crippen LogP contribution in [0.4, 0.5) is 5.82 Å². The van der Waals surface area contributed by atoms with Crippen molar-refractivity contribution in [2.24, 2.45) is 0 Å². The average Bonchev–Trinajstić information content (AvgIpc) is 2.19. The van der Waals surface area contributed by atoms with E-state index < -0.39 is 0 Å². The fraction of sp³-hybridized carbons (Fsp3) is 0.600. The van der Waals surface area contributed by atoms with E-state index >= 15 is 0 Å². The summed E-state index contributed by atoms with van der Waals surface area (Å²) in [5, 5.41) is 20.1. The molecule has 0 aliphatic rings. The highest BCUT2D eigenvalue weighted by Crippen LogP contribution is 2.09. The van der Waals surface area contributed by atoms with Crippen LogP contribution in [0.15, 0.2) is 6.07 Å². The van der Waals surface area contributed by atoms with Crippen LogP contribution in [0.3, 0.4) is 0 Å². The number of aliphatic hydroxyl groups is 1. The monoisotopic (exact) mass is 195 g/mol. The van der Waals surface area contributed by atoms with Gasteiger partial charge in [0, 0.05) is 0 Å². The van der Waals surface area contributed by atoms with Gasteiger partial charge in [-0.3, -0.25) is 0 Å². The van der Waals surface area contributed by atoms with Crippen molar-refractivity contribution in [2.45, 2.75) is 33.2 Å². The predicted octanol–water partition coefficient (Wildman–Crippen LogP) is 1.28. The van der Waals surface area contributed by atoms with Crippen molar-refractivity contribution >= 4 is 5.82 Å². The van der Waals surface area contributed by atoms with Crippen LogP contribution in [0.2, 0.25) is 0 Å². The minimum absolute atomic E-state index is 0.0615. The van der Waals surface area contributed by atoms with Gasteiger partial charge in [0.2, 0.25) is 0 Å². The number of rotatable bonds is 4. The lowest BCUT2D eigenvalue weighted by Crippen LogP contribution is -2.23. The van der Waals surface area contributed by atoms with E-state index in [2.05, 4.69) is 15.5 Å². The van der Waals surface area contributed by atoms with Gasteiger partial charge in [-0.1, -0.05) is 6.92 Å². The maximum Gasteiger partial charge on any atom is 0.149 e. The molecule has 1 heterocycles. The molecular formula is C10H17N3O. The summed E-state index contributed by atoms with van der Waals surface area (Å²) in [6.07, 6.45) is 0.866. The number of nitrogens with zero attached hydrogens (tertiary/aromatic N) is 2. The van der Waals surface area contributed by atoms with Gasteiger partial charge < -0.3 is 10.4 Å². The molecule has 0 bridgehead atoms. The first-order valence-corrected chi connectivity index (χ1v) is 4.85. The third kappa shape index (κ3) is 2.67. The Morgan fingerprint density at radius 1 is 1.43 bits per heavy atom. The van der Waals surface area contributed by atoms with E-state index in [0.717, 1.165) is 23.5 Å². The van der Waals surface area contributed by atoms with E-state index in [1.165, 1.54) is 0 Å². The summed E-state index contributed by atoms with van der Waals surface area (Å²) in [7, 11) is 0. The molecule has 0 aliphatic carbocycles. The highest BCUT2D eigenvalue weighted by molar-refractivity contribution is 5.38. The third-order valence-electron chi connectivity index (χ3n) is 2.30. The standard InChI is InChI=1S/C10H17N3O/c1-4-9(6-14)11-10-5-7(2)8(3)12-13-10/h5,9,14H,4,6H2,1-3H3,(H,11,13). The Kier molecular flexibility index (Phi) is 3.83. The summed E-state index contributed by atoms with van der Waals surface area (Å²) in [4.78, 5) is 0. The largest absolute Gasteiger partial charge is 0.394 e. The number of hydrogen-bond acceptors (Lipinski definition) is 4. The zero-order valence-electron chi connectivity index (χ0n) is 8.91. The summed E-state index contributed by atoms with van der Waals surface area (Å²) in [5.41, 5.74) is 2.04. The zero-order chi connectivity index (χ0) is 10.6. The first-order chi connectivity index (χ1) is 6.67. The second-order valence-corrected chi connectivity index (χ2v) is 3.43. The Morgan fingerprint density at radius 3 is 2.64 bits per heavy atom. The lowest BCUT2D eigenvalue weighted by Gasteiger charge is -2.14. The molecule has 0 fully saturated rings. The highest BCUT2D eigenvalue weighted by atomic mass is 16.3. The number of anilines is 1. The topological polar surface area (TPSA) is 58.0 Å². The first kappa shape index (κ1) is 10.9. The van der Waals surface area contributed by atoms with Gasteiger partial charge >= 0.3 is 0 Å². The second kappa shape index (κ2) is 4.91. The molecule has 0 saturated heterocycles. The summed E-state index contributed by atoms with van der Waals surface area (Å²) in [5.74, 6) is 0.731. The summed E-state index contributed by atoms with van der Waals surface area (Å²) >= 11 is 0. The van der Waals surface area contributed by atoms with Crippen LogP contribution in [-0.2, 0) is 0 Å². The number of aliphatic hydroxyl groups excluding tert-OH is 1. The van der Waals surface area contributed by atoms with Gasteiger partial charge in [-0.15, -0.1) is 5.10 Å². The first-order valence-electron chi connectivity index (χ1n) is 4.85. The quantitative estimate of drug-likeness (QED) is 0.759. The SMILES string of the molecule is CCC(CO)Nc1cc(C)c(C)nn1. The Balaban J connectivity index is 2.72. The number of aromatic nitrogens is 2. The van der Waals surface area contributed by atoms with Crippen molar-refractivity contribution in [1.29, 1.82) is 0 Å². The molecular weight excluding hydrogens is 178 g/mol. The van der Waals surface area contributed by atoms with Gasteiger partial charge in [0.05, 0.1) is 18.3 Å². The van der Waals surface area contributed by atoms with E-state index in [9.17, 15) is 0 Å². The predicted molar refractivity (Wildman–Crippen MR) is 56.3 cm³/mol. The van der Waals surface area contributed by atoms with E-state index in [0.29, 0.717) is 0 Å². The molecule has 4 nitrogen and oxygen atoms in total. The van der Waals surface area contributed by atoms with Crippen LogP contribution < -0.4 is 5.32 Å². The summed E-state index contributed by atoms with van der Waals surface area (Å²) < 4.78 is 0. The van der Waals surface area contributed by atoms with Crippen LogP contribution in [0.1, 0.15) is 24.6 Å². The van der Waals surface area contributed by atoms with Gasteiger partial charge in [-0.05, 0) is 31.9 Å². The van der Waals surface area contributed by atoms with Crippen molar-refractivity contribution in [3.05, 3.63) is 17.3 Å². The van der Waals surface area contributed by atoms with Crippen LogP contribution >= 0.6 is 0 Å². The fourth-order valence-electron chi connectivity index (χ4n) is 1.10. The van der Waals surface area contributed by atoms with Crippen LogP contribution in [0, 0.1) is 13.8 Å². The van der Waals surface area contributed by atoms with Gasteiger partial charge in [0.25, 0.3) is 0 Å². The average molecular weight is 195 g/mol. The van der Waals surface area contributed by atoms with E-state index in [1.807, 2.05) is 26.8 Å². The molecule has 1 rings (SSSR count). The summed E-state index contributed by atoms with van der Waals surface area (Å²) in [6, 6.07) is 2.01. The molecule has 14 heavy (non-hydrogen) atoms. The summed E-state index contributed by atoms with van der Waals surface area (Å²) in [6.45, 7) is 6.05. The van der Waals surface area contributed by atoms with Crippen molar-refractivity contribution in [3.63, 3.8) is 0 Å². The molecule has 0 aliphatic heterocycles. The molecule has 4 heteroatoms. The Hall–Kier alpha value is -1.16. The van der Waals surface area contributed by atoms with Crippen molar-refractivity contribution in [1.82, 2.24) is 10.2 Å². The maximum atomic E-state index is 9.00. The molecule has 0 saturated carbocycles. The molecule has 1 aromatic heterocycles. The third-order valence-corrected chi connectivity index (χ3v) is 2.30. The number of aryl methyl sites for hydroxylation is 2. The van der Waals surface area contributed by atoms with Crippen LogP contribution in [0.25, 0.3) is 0 Å². The molecule has 1 unspecified atom stereocenters. The van der Waals surface area contributed by atoms with E-state index in [-0.39, 0.29) is 12.6 Å². The van der Waals surface area contributed by atoms with Gasteiger partial charge in [0.15, 0.2) is 0 Å². The molecule has 78 valence electrons. The zero-order valence-corrected chi connectivity index (χ0v) is 8.91. The maximum absolute atomic E-state index is 9.00. The Bertz CT molecular complexity index is 297. The van der Waals surface area contributed by atoms with Crippen molar-refractivity contribution in [3.8, 4) is 0 Å². The lowest BCUT2D eigenvalue weighted by atomic mass is 10.2. The Labute approximate surface area is 84.4 Å². The van der Waals surface area contributed by atoms with Crippen molar-refractivity contribution < 1.29 is 5.11 Å². The van der Waals surface area contributed by atoms with Gasteiger partial charge in [0.1, 0.15) is 5.82 Å². The van der Waals surface area contributed by atoms with Crippen LogP contribution in [-0.4, -0.2) is 28.0 Å². The number of hydrogen-bond donors (Lipinski definition) is 2. The number of nitrogens with one attached hydrogen (secondary N) is 1. The molecule has 0 spiro atoms. The van der Waals surface area contributed by atoms with Gasteiger partial charge in [-0.2, -0.15) is 5.10 Å². The fourth-order valence-corrected chi connectivity index (χ4v) is 1.10. The van der Waals surface area contributed by atoms with E-state index in [1.54, 1.807) is 0 Å². The highest BCUT2D eigenvalue weighted by Gasteiger charge is 2.05. The lowest BCUT2D eigenvalue weighted by molar-refractivity contribution is 0.271. The molecule has 1 atom stereocenters. The minimum atomic E-state index is 0.0615. The second-order valence-electron chi connectivity index (χ2n) is 3.43. The smallest absolute Gasteiger partial charge is 0.149 e. The molecule has 2 N–H and O–H groups in total. The minimum Gasteiger partial charge on any atom is -0.394 e. The van der Waals surface area contributed by atoms with Crippen LogP contribution in [0.5, 0.6) is 0 Å². The normalized spacial score (nSPS) is 12.6. The molecule has 0 radical (unpaired) electrons. The van der Waals surface area contributed by atoms with Gasteiger partial charge in [-0.25, -0.2) is 0 Å². The Morgan fingerprint density at radius 2 is 2.14 bits per heavy atom. The van der Waals surface area contributed by atoms with Crippen molar-refractivity contribution in [2.75, 3.05) is 11.9 Å². The molecule has 1 aromatic rings. The van der Waals surface area contributed by atoms with E-state index in [4.69, 9.17) is 5.11 Å². The molecule has 0 aromatic carbocycles. The molecule has 0 amide bonds.